The molecule has 6 heteroatoms. The Hall–Kier alpha value is -1.63. The Morgan fingerprint density at radius 3 is 2.71 bits per heavy atom. The van der Waals surface area contributed by atoms with Gasteiger partial charge >= 0.3 is 5.97 Å². The summed E-state index contributed by atoms with van der Waals surface area (Å²) in [7, 11) is 0. The third kappa shape index (κ3) is 4.17. The van der Waals surface area contributed by atoms with Gasteiger partial charge in [-0.1, -0.05) is 6.07 Å². The van der Waals surface area contributed by atoms with Crippen LogP contribution >= 0.6 is 0 Å². The molecule has 116 valence electrons. The van der Waals surface area contributed by atoms with Gasteiger partial charge in [0.2, 0.25) is 0 Å². The Kier molecular flexibility index (Phi) is 4.82. The number of hydrogen-bond donors (Lipinski definition) is 1. The molecule has 1 aliphatic rings. The van der Waals surface area contributed by atoms with E-state index in [1.807, 2.05) is 13.8 Å². The Morgan fingerprint density at radius 2 is 2.14 bits per heavy atom. The molecule has 0 spiro atoms. The zero-order chi connectivity index (χ0) is 15.5. The first-order chi connectivity index (χ1) is 9.91. The lowest BCUT2D eigenvalue weighted by molar-refractivity contribution is -0.141. The summed E-state index contributed by atoms with van der Waals surface area (Å²) in [5.74, 6) is 0.0386. The summed E-state index contributed by atoms with van der Waals surface area (Å²) < 4.78 is 22.0. The fourth-order valence-corrected chi connectivity index (χ4v) is 2.16. The number of esters is 1. The van der Waals surface area contributed by atoms with Crippen LogP contribution in [0.2, 0.25) is 0 Å². The molecule has 2 rings (SSSR count). The van der Waals surface area contributed by atoms with Crippen molar-refractivity contribution in [1.29, 1.82) is 0 Å². The largest absolute Gasteiger partial charge is 0.490 e. The van der Waals surface area contributed by atoms with Crippen molar-refractivity contribution in [2.75, 3.05) is 13.2 Å². The Balaban J connectivity index is 2.04. The first-order valence-corrected chi connectivity index (χ1v) is 6.86. The highest BCUT2D eigenvalue weighted by Gasteiger charge is 2.33. The first-order valence-electron chi connectivity index (χ1n) is 6.86. The SMILES string of the molecule is CC(=O)Oc1cccc(OC[C@@H]2COC(C)(C)O2)c1CN. The number of benzene rings is 1. The maximum atomic E-state index is 11.1. The molecular formula is C15H21NO5. The van der Waals surface area contributed by atoms with E-state index in [0.717, 1.165) is 0 Å². The summed E-state index contributed by atoms with van der Waals surface area (Å²) >= 11 is 0. The van der Waals surface area contributed by atoms with Crippen molar-refractivity contribution in [3.8, 4) is 11.5 Å². The van der Waals surface area contributed by atoms with Gasteiger partial charge in [-0.3, -0.25) is 4.79 Å². The summed E-state index contributed by atoms with van der Waals surface area (Å²) in [6.07, 6.45) is -0.136. The monoisotopic (exact) mass is 295 g/mol. The highest BCUT2D eigenvalue weighted by atomic mass is 16.7. The zero-order valence-electron chi connectivity index (χ0n) is 12.5. The van der Waals surface area contributed by atoms with Crippen LogP contribution in [0, 0.1) is 0 Å². The smallest absolute Gasteiger partial charge is 0.308 e. The van der Waals surface area contributed by atoms with Gasteiger partial charge in [0.15, 0.2) is 5.79 Å². The second-order valence-corrected chi connectivity index (χ2v) is 5.29. The number of ether oxygens (including phenoxy) is 4. The predicted octanol–water partition coefficient (Wildman–Crippen LogP) is 1.60. The zero-order valence-corrected chi connectivity index (χ0v) is 12.5. The quantitative estimate of drug-likeness (QED) is 0.656. The molecule has 1 atom stereocenters. The van der Waals surface area contributed by atoms with Crippen molar-refractivity contribution in [3.63, 3.8) is 0 Å². The van der Waals surface area contributed by atoms with Gasteiger partial charge in [-0.2, -0.15) is 0 Å². The molecule has 0 amide bonds. The second kappa shape index (κ2) is 6.43. The summed E-state index contributed by atoms with van der Waals surface area (Å²) in [6, 6.07) is 5.23. The van der Waals surface area contributed by atoms with E-state index in [0.29, 0.717) is 30.3 Å². The van der Waals surface area contributed by atoms with Crippen molar-refractivity contribution in [2.45, 2.75) is 39.2 Å². The number of carbonyl (C=O) groups excluding carboxylic acids is 1. The topological polar surface area (TPSA) is 80.0 Å². The molecule has 21 heavy (non-hydrogen) atoms. The lowest BCUT2D eigenvalue weighted by Gasteiger charge is -2.18. The highest BCUT2D eigenvalue weighted by molar-refractivity contribution is 5.70. The molecular weight excluding hydrogens is 274 g/mol. The molecule has 6 nitrogen and oxygen atoms in total. The summed E-state index contributed by atoms with van der Waals surface area (Å²) in [5.41, 5.74) is 6.38. The first kappa shape index (κ1) is 15.8. The number of carbonyl (C=O) groups is 1. The molecule has 1 aromatic rings. The lowest BCUT2D eigenvalue weighted by atomic mass is 10.2. The minimum atomic E-state index is -0.579. The van der Waals surface area contributed by atoms with E-state index >= 15 is 0 Å². The number of hydrogen-bond acceptors (Lipinski definition) is 6. The molecule has 2 N–H and O–H groups in total. The fraction of sp³-hybridized carbons (Fsp3) is 0.533. The van der Waals surface area contributed by atoms with Gasteiger partial charge in [0.05, 0.1) is 12.2 Å². The van der Waals surface area contributed by atoms with Crippen LogP contribution in [0.1, 0.15) is 26.3 Å². The molecule has 0 radical (unpaired) electrons. The van der Waals surface area contributed by atoms with Crippen LogP contribution in [0.25, 0.3) is 0 Å². The van der Waals surface area contributed by atoms with Crippen molar-refractivity contribution in [3.05, 3.63) is 23.8 Å². The third-order valence-corrected chi connectivity index (χ3v) is 3.04. The van der Waals surface area contributed by atoms with Gasteiger partial charge in [0.25, 0.3) is 0 Å². The number of rotatable bonds is 5. The minimum Gasteiger partial charge on any atom is -0.490 e. The van der Waals surface area contributed by atoms with Crippen LogP contribution in [0.4, 0.5) is 0 Å². The van der Waals surface area contributed by atoms with Gasteiger partial charge < -0.3 is 24.7 Å². The van der Waals surface area contributed by atoms with E-state index < -0.39 is 11.8 Å². The van der Waals surface area contributed by atoms with Gasteiger partial charge in [-0.05, 0) is 26.0 Å². The van der Waals surface area contributed by atoms with Crippen LogP contribution in [0.15, 0.2) is 18.2 Å². The van der Waals surface area contributed by atoms with Crippen LogP contribution in [0.5, 0.6) is 11.5 Å². The van der Waals surface area contributed by atoms with Gasteiger partial charge in [0.1, 0.15) is 24.2 Å². The molecule has 0 saturated carbocycles. The molecule has 1 heterocycles. The van der Waals surface area contributed by atoms with Crippen LogP contribution in [-0.2, 0) is 20.8 Å². The summed E-state index contributed by atoms with van der Waals surface area (Å²) in [4.78, 5) is 11.1. The fourth-order valence-electron chi connectivity index (χ4n) is 2.16. The van der Waals surface area contributed by atoms with Crippen molar-refractivity contribution < 1.29 is 23.7 Å². The summed E-state index contributed by atoms with van der Waals surface area (Å²) in [5, 5.41) is 0. The Morgan fingerprint density at radius 1 is 1.43 bits per heavy atom. The normalized spacial score (nSPS) is 20.3. The maximum Gasteiger partial charge on any atom is 0.308 e. The Bertz CT molecular complexity index is 515. The van der Waals surface area contributed by atoms with E-state index in [1.165, 1.54) is 6.92 Å². The number of nitrogens with two attached hydrogens (primary N) is 1. The predicted molar refractivity (Wildman–Crippen MR) is 76.0 cm³/mol. The molecule has 1 aromatic carbocycles. The highest BCUT2D eigenvalue weighted by Crippen LogP contribution is 2.29. The maximum absolute atomic E-state index is 11.1. The summed E-state index contributed by atoms with van der Waals surface area (Å²) in [6.45, 7) is 6.11. The van der Waals surface area contributed by atoms with Gasteiger partial charge in [-0.25, -0.2) is 0 Å². The van der Waals surface area contributed by atoms with Gasteiger partial charge in [-0.15, -0.1) is 0 Å². The molecule has 1 saturated heterocycles. The van der Waals surface area contributed by atoms with E-state index in [4.69, 9.17) is 24.7 Å². The average Bonchev–Trinajstić information content (AvgIpc) is 2.75. The van der Waals surface area contributed by atoms with Crippen molar-refractivity contribution in [2.24, 2.45) is 5.73 Å². The van der Waals surface area contributed by atoms with E-state index in [9.17, 15) is 4.79 Å². The van der Waals surface area contributed by atoms with Crippen molar-refractivity contribution in [1.82, 2.24) is 0 Å². The molecule has 0 bridgehead atoms. The molecule has 1 aliphatic heterocycles. The minimum absolute atomic E-state index is 0.136. The van der Waals surface area contributed by atoms with Crippen LogP contribution in [-0.4, -0.2) is 31.1 Å². The van der Waals surface area contributed by atoms with E-state index in [1.54, 1.807) is 18.2 Å². The van der Waals surface area contributed by atoms with Crippen molar-refractivity contribution >= 4 is 5.97 Å². The standard InChI is InChI=1S/C15H21NO5/c1-10(17)20-14-6-4-5-13(12(14)7-16)18-8-11-9-19-15(2,3)21-11/h4-6,11H,7-9,16H2,1-3H3/t11-/m1/s1. The van der Waals surface area contributed by atoms with Crippen LogP contribution in [0.3, 0.4) is 0 Å². The van der Waals surface area contributed by atoms with E-state index in [-0.39, 0.29) is 12.6 Å². The lowest BCUT2D eigenvalue weighted by Crippen LogP contribution is -2.25. The average molecular weight is 295 g/mol. The molecule has 1 fully saturated rings. The molecule has 0 unspecified atom stereocenters. The van der Waals surface area contributed by atoms with E-state index in [2.05, 4.69) is 0 Å². The van der Waals surface area contributed by atoms with Gasteiger partial charge in [0, 0.05) is 13.5 Å². The Labute approximate surface area is 124 Å². The second-order valence-electron chi connectivity index (χ2n) is 5.29. The molecule has 0 aliphatic carbocycles. The van der Waals surface area contributed by atoms with Crippen LogP contribution < -0.4 is 15.2 Å². The molecule has 0 aromatic heterocycles. The third-order valence-electron chi connectivity index (χ3n) is 3.04.